The number of likely N-dealkylation sites (N-methyl/N-ethyl adjacent to an activating group) is 1. The molecule has 9 heteroatoms. The second kappa shape index (κ2) is 57.4. The third kappa shape index (κ3) is 60.2. The van der Waals surface area contributed by atoms with Gasteiger partial charge in [0.2, 0.25) is 5.91 Å². The molecule has 0 aliphatic carbocycles. The standard InChI is InChI=1S/C66H129N2O6P/c1-6-8-10-12-14-16-18-20-22-24-26-28-29-30-31-32-33-34-35-36-37-38-39-40-42-44-46-48-50-52-54-56-58-60-66(70)67-64(63-74-75(71,72)73-62-61-68(3,4)5)65(69)59-57-55-53-51-49-47-45-43-41-27-25-23-21-19-17-15-13-11-9-7-2/h26,28,30-31,57,59,64-65,69H,6-25,27,29,32-56,58,60-63H2,1-5H3,(H-,67,70,71,72)/b28-26-,31-30-,59-57+. The number of carbonyl (C=O) groups excluding carboxylic acids is 1. The van der Waals surface area contributed by atoms with Crippen LogP contribution in [0.3, 0.4) is 0 Å². The van der Waals surface area contributed by atoms with Crippen LogP contribution in [0, 0.1) is 0 Å². The summed E-state index contributed by atoms with van der Waals surface area (Å²) < 4.78 is 23.4. The second-order valence-electron chi connectivity index (χ2n) is 23.8. The molecule has 0 fully saturated rings. The number of quaternary nitrogens is 1. The number of aliphatic hydroxyl groups excluding tert-OH is 1. The number of carbonyl (C=O) groups is 1. The number of hydrogen-bond acceptors (Lipinski definition) is 6. The molecular formula is C66H129N2O6P. The summed E-state index contributed by atoms with van der Waals surface area (Å²) in [7, 11) is 1.27. The first-order chi connectivity index (χ1) is 36.5. The molecule has 3 unspecified atom stereocenters. The molecule has 0 aliphatic heterocycles. The zero-order valence-corrected chi connectivity index (χ0v) is 51.7. The van der Waals surface area contributed by atoms with Crippen molar-refractivity contribution in [2.45, 2.75) is 341 Å². The maximum atomic E-state index is 13.0. The van der Waals surface area contributed by atoms with E-state index in [1.54, 1.807) is 6.08 Å². The minimum atomic E-state index is -4.60. The van der Waals surface area contributed by atoms with Gasteiger partial charge in [0.1, 0.15) is 13.2 Å². The maximum absolute atomic E-state index is 13.0. The van der Waals surface area contributed by atoms with E-state index in [4.69, 9.17) is 9.05 Å². The average Bonchev–Trinajstić information content (AvgIpc) is 3.37. The van der Waals surface area contributed by atoms with Gasteiger partial charge in [-0.1, -0.05) is 307 Å². The van der Waals surface area contributed by atoms with Gasteiger partial charge >= 0.3 is 0 Å². The van der Waals surface area contributed by atoms with Crippen LogP contribution in [0.4, 0.5) is 0 Å². The van der Waals surface area contributed by atoms with Crippen LogP contribution in [-0.2, 0) is 18.4 Å². The Labute approximate surface area is 467 Å². The van der Waals surface area contributed by atoms with Crippen molar-refractivity contribution in [2.24, 2.45) is 0 Å². The molecule has 75 heavy (non-hydrogen) atoms. The summed E-state index contributed by atoms with van der Waals surface area (Å²) in [6.07, 6.45) is 75.3. The molecule has 8 nitrogen and oxygen atoms in total. The average molecular weight is 1080 g/mol. The summed E-state index contributed by atoms with van der Waals surface area (Å²) in [5.74, 6) is -0.192. The van der Waals surface area contributed by atoms with E-state index in [2.05, 4.69) is 43.5 Å². The van der Waals surface area contributed by atoms with Gasteiger partial charge in [0, 0.05) is 6.42 Å². The van der Waals surface area contributed by atoms with Crippen LogP contribution in [0.1, 0.15) is 328 Å². The molecule has 0 rings (SSSR count). The smallest absolute Gasteiger partial charge is 0.268 e. The first-order valence-electron chi connectivity index (χ1n) is 32.9. The molecule has 2 N–H and O–H groups in total. The monoisotopic (exact) mass is 1080 g/mol. The minimum Gasteiger partial charge on any atom is -0.756 e. The third-order valence-electron chi connectivity index (χ3n) is 15.1. The fraction of sp³-hybridized carbons (Fsp3) is 0.894. The van der Waals surface area contributed by atoms with Crippen LogP contribution in [-0.4, -0.2) is 68.5 Å². The van der Waals surface area contributed by atoms with Crippen molar-refractivity contribution >= 4 is 13.7 Å². The molecule has 444 valence electrons. The van der Waals surface area contributed by atoms with Crippen LogP contribution in [0.5, 0.6) is 0 Å². The zero-order chi connectivity index (χ0) is 54.9. The normalized spacial score (nSPS) is 14.0. The van der Waals surface area contributed by atoms with Crippen molar-refractivity contribution in [3.05, 3.63) is 36.5 Å². The Bertz CT molecular complexity index is 1320. The lowest BCUT2D eigenvalue weighted by Crippen LogP contribution is -2.45. The van der Waals surface area contributed by atoms with E-state index in [1.165, 1.54) is 263 Å². The number of phosphoric ester groups is 1. The van der Waals surface area contributed by atoms with E-state index in [-0.39, 0.29) is 19.1 Å². The minimum absolute atomic E-state index is 0.000624. The highest BCUT2D eigenvalue weighted by Gasteiger charge is 2.23. The van der Waals surface area contributed by atoms with Crippen LogP contribution in [0.15, 0.2) is 36.5 Å². The number of nitrogens with one attached hydrogen (secondary N) is 1. The van der Waals surface area contributed by atoms with Crippen molar-refractivity contribution in [1.82, 2.24) is 5.32 Å². The largest absolute Gasteiger partial charge is 0.756 e. The lowest BCUT2D eigenvalue weighted by atomic mass is 10.0. The fourth-order valence-electron chi connectivity index (χ4n) is 9.95. The first-order valence-corrected chi connectivity index (χ1v) is 34.3. The molecule has 0 aromatic carbocycles. The highest BCUT2D eigenvalue weighted by atomic mass is 31.2. The van der Waals surface area contributed by atoms with Gasteiger partial charge in [0.15, 0.2) is 0 Å². The summed E-state index contributed by atoms with van der Waals surface area (Å²) in [4.78, 5) is 25.6. The van der Waals surface area contributed by atoms with Gasteiger partial charge in [-0.2, -0.15) is 0 Å². The van der Waals surface area contributed by atoms with Gasteiger partial charge in [0.25, 0.3) is 7.82 Å². The van der Waals surface area contributed by atoms with Gasteiger partial charge in [-0.05, 0) is 51.4 Å². The molecule has 0 heterocycles. The molecule has 0 aromatic rings. The Morgan fingerprint density at radius 3 is 1.11 bits per heavy atom. The molecule has 0 bridgehead atoms. The van der Waals surface area contributed by atoms with E-state index >= 15 is 0 Å². The predicted octanol–water partition coefficient (Wildman–Crippen LogP) is 19.9. The zero-order valence-electron chi connectivity index (χ0n) is 50.8. The van der Waals surface area contributed by atoms with Crippen LogP contribution in [0.25, 0.3) is 0 Å². The fourth-order valence-corrected chi connectivity index (χ4v) is 10.7. The Morgan fingerprint density at radius 1 is 0.467 bits per heavy atom. The van der Waals surface area contributed by atoms with Crippen LogP contribution < -0.4 is 10.2 Å². The van der Waals surface area contributed by atoms with E-state index in [1.807, 2.05) is 27.2 Å². The molecule has 0 aliphatic rings. The number of unbranched alkanes of at least 4 members (excludes halogenated alkanes) is 44. The Morgan fingerprint density at radius 2 is 0.773 bits per heavy atom. The van der Waals surface area contributed by atoms with E-state index < -0.39 is 20.0 Å². The molecule has 0 saturated heterocycles. The van der Waals surface area contributed by atoms with Gasteiger partial charge < -0.3 is 28.8 Å². The number of rotatable bonds is 61. The van der Waals surface area contributed by atoms with Gasteiger partial charge in [-0.15, -0.1) is 0 Å². The summed E-state index contributed by atoms with van der Waals surface area (Å²) >= 11 is 0. The van der Waals surface area contributed by atoms with Crippen molar-refractivity contribution < 1.29 is 32.9 Å². The Kier molecular flexibility index (Phi) is 56.4. The highest BCUT2D eigenvalue weighted by molar-refractivity contribution is 7.45. The van der Waals surface area contributed by atoms with Gasteiger partial charge in [-0.3, -0.25) is 9.36 Å². The van der Waals surface area contributed by atoms with E-state index in [9.17, 15) is 19.4 Å². The predicted molar refractivity (Wildman–Crippen MR) is 325 cm³/mol. The number of allylic oxidation sites excluding steroid dienone is 5. The van der Waals surface area contributed by atoms with Gasteiger partial charge in [0.05, 0.1) is 39.9 Å². The quantitative estimate of drug-likeness (QED) is 0.0272. The number of phosphoric acid groups is 1. The van der Waals surface area contributed by atoms with E-state index in [0.717, 1.165) is 44.9 Å². The van der Waals surface area contributed by atoms with Crippen molar-refractivity contribution in [2.75, 3.05) is 40.9 Å². The first kappa shape index (κ1) is 73.7. The molecular weight excluding hydrogens is 948 g/mol. The Balaban J connectivity index is 4.05. The summed E-state index contributed by atoms with van der Waals surface area (Å²) in [6.45, 7) is 4.70. The molecule has 3 atom stereocenters. The summed E-state index contributed by atoms with van der Waals surface area (Å²) in [5.41, 5.74) is 0. The van der Waals surface area contributed by atoms with Crippen molar-refractivity contribution in [3.8, 4) is 0 Å². The molecule has 1 amide bonds. The third-order valence-corrected chi connectivity index (χ3v) is 16.1. The maximum Gasteiger partial charge on any atom is 0.268 e. The second-order valence-corrected chi connectivity index (χ2v) is 25.2. The van der Waals surface area contributed by atoms with Gasteiger partial charge in [-0.25, -0.2) is 0 Å². The number of nitrogens with zero attached hydrogens (tertiary/aromatic N) is 1. The van der Waals surface area contributed by atoms with E-state index in [0.29, 0.717) is 17.4 Å². The SMILES string of the molecule is CCCCCCCCCCC/C=C\C/C=C\CCCCCCCCCCCCCCCCCCCC(=O)NC(COP(=O)([O-])OCC[N+](C)(C)C)C(O)/C=C/CCCCCCCCCCCCCCCCCCCC. The number of hydrogen-bond donors (Lipinski definition) is 2. The molecule has 0 saturated carbocycles. The Hall–Kier alpha value is -1.28. The lowest BCUT2D eigenvalue weighted by molar-refractivity contribution is -0.870. The van der Waals surface area contributed by atoms with Crippen molar-refractivity contribution in [1.29, 1.82) is 0 Å². The number of aliphatic hydroxyl groups is 1. The molecule has 0 radical (unpaired) electrons. The number of amides is 1. The topological polar surface area (TPSA) is 108 Å². The molecule has 0 aromatic heterocycles. The van der Waals surface area contributed by atoms with Crippen LogP contribution in [0.2, 0.25) is 0 Å². The van der Waals surface area contributed by atoms with Crippen LogP contribution >= 0.6 is 7.82 Å². The molecule has 0 spiro atoms. The lowest BCUT2D eigenvalue weighted by Gasteiger charge is -2.29. The highest BCUT2D eigenvalue weighted by Crippen LogP contribution is 2.38. The summed E-state index contributed by atoms with van der Waals surface area (Å²) in [5, 5.41) is 13.9. The van der Waals surface area contributed by atoms with Crippen molar-refractivity contribution in [3.63, 3.8) is 0 Å². The summed E-state index contributed by atoms with van der Waals surface area (Å²) in [6, 6.07) is -0.886.